The van der Waals surface area contributed by atoms with Crippen molar-refractivity contribution in [2.45, 2.75) is 10.2 Å². The van der Waals surface area contributed by atoms with Gasteiger partial charge in [0.15, 0.2) is 0 Å². The first-order valence-electron chi connectivity index (χ1n) is 4.44. The molecule has 0 saturated carbocycles. The zero-order valence-corrected chi connectivity index (χ0v) is 10.5. The van der Waals surface area contributed by atoms with Gasteiger partial charge in [0.05, 0.1) is 5.69 Å². The van der Waals surface area contributed by atoms with Gasteiger partial charge >= 0.3 is 0 Å². The van der Waals surface area contributed by atoms with Crippen molar-refractivity contribution in [2.75, 3.05) is 6.54 Å². The van der Waals surface area contributed by atoms with Gasteiger partial charge in [-0.25, -0.2) is 0 Å². The third kappa shape index (κ3) is 3.73. The van der Waals surface area contributed by atoms with Crippen molar-refractivity contribution in [2.24, 2.45) is 5.73 Å². The molecule has 6 heteroatoms. The predicted molar refractivity (Wildman–Crippen MR) is 66.0 cm³/mol. The van der Waals surface area contributed by atoms with Crippen LogP contribution in [0.3, 0.4) is 0 Å². The minimum Gasteiger partial charge on any atom is -0.357 e. The summed E-state index contributed by atoms with van der Waals surface area (Å²) in [5.74, 6) is 5.06. The van der Waals surface area contributed by atoms with Crippen molar-refractivity contribution in [1.82, 2.24) is 4.98 Å². The van der Waals surface area contributed by atoms with E-state index in [9.17, 15) is 4.79 Å². The number of alkyl halides is 3. The Kier molecular flexibility index (Phi) is 4.69. The highest BCUT2D eigenvalue weighted by atomic mass is 35.6. The van der Waals surface area contributed by atoms with Crippen LogP contribution in [0.2, 0.25) is 0 Å². The van der Waals surface area contributed by atoms with Gasteiger partial charge in [-0.05, 0) is 6.07 Å². The predicted octanol–water partition coefficient (Wildman–Crippen LogP) is 2.27. The number of H-pyrrole nitrogens is 1. The van der Waals surface area contributed by atoms with Gasteiger partial charge in [-0.15, -0.1) is 0 Å². The summed E-state index contributed by atoms with van der Waals surface area (Å²) in [6.07, 6.45) is 2.17. The molecule has 0 amide bonds. The number of nitrogens with one attached hydrogen (secondary N) is 1. The molecule has 0 bridgehead atoms. The molecule has 1 rings (SSSR count). The third-order valence-corrected chi connectivity index (χ3v) is 2.20. The van der Waals surface area contributed by atoms with Crippen LogP contribution in [0.1, 0.15) is 22.5 Å². The molecule has 0 atom stereocenters. The molecule has 0 aliphatic heterocycles. The molecule has 1 aromatic heterocycles. The van der Waals surface area contributed by atoms with E-state index in [0.717, 1.165) is 0 Å². The van der Waals surface area contributed by atoms with Crippen molar-refractivity contribution in [1.29, 1.82) is 0 Å². The summed E-state index contributed by atoms with van der Waals surface area (Å²) in [6, 6.07) is 1.54. The molecule has 0 spiro atoms. The highest BCUT2D eigenvalue weighted by molar-refractivity contribution is 6.77. The van der Waals surface area contributed by atoms with Crippen LogP contribution >= 0.6 is 34.8 Å². The SMILES string of the molecule is NCCC#Cc1c[nH]c(C(=O)C(Cl)(Cl)Cl)c1. The number of ketones is 1. The van der Waals surface area contributed by atoms with Crippen molar-refractivity contribution in [3.63, 3.8) is 0 Å². The molecule has 0 unspecified atom stereocenters. The monoisotopic (exact) mass is 278 g/mol. The van der Waals surface area contributed by atoms with E-state index in [-0.39, 0.29) is 5.69 Å². The highest BCUT2D eigenvalue weighted by Crippen LogP contribution is 2.30. The fraction of sp³-hybridized carbons (Fsp3) is 0.300. The first-order chi connectivity index (χ1) is 7.45. The minimum absolute atomic E-state index is 0.219. The topological polar surface area (TPSA) is 58.9 Å². The third-order valence-electron chi connectivity index (χ3n) is 1.69. The second-order valence-electron chi connectivity index (χ2n) is 2.97. The Bertz CT molecular complexity index is 437. The number of rotatable bonds is 2. The number of halogens is 3. The second kappa shape index (κ2) is 5.60. The molecule has 0 fully saturated rings. The van der Waals surface area contributed by atoms with Crippen molar-refractivity contribution >= 4 is 40.6 Å². The Morgan fingerprint density at radius 2 is 2.19 bits per heavy atom. The van der Waals surface area contributed by atoms with Gasteiger partial charge in [0.2, 0.25) is 5.78 Å². The number of aromatic nitrogens is 1. The molecule has 0 aliphatic rings. The lowest BCUT2D eigenvalue weighted by molar-refractivity contribution is 0.0992. The van der Waals surface area contributed by atoms with Crippen molar-refractivity contribution in [3.8, 4) is 11.8 Å². The van der Waals surface area contributed by atoms with Gasteiger partial charge in [0.25, 0.3) is 3.79 Å². The zero-order valence-electron chi connectivity index (χ0n) is 8.19. The maximum Gasteiger partial charge on any atom is 0.254 e. The fourth-order valence-corrected chi connectivity index (χ4v) is 1.29. The van der Waals surface area contributed by atoms with Crippen LogP contribution in [-0.2, 0) is 0 Å². The summed E-state index contributed by atoms with van der Waals surface area (Å²) < 4.78 is -1.95. The van der Waals surface area contributed by atoms with E-state index in [2.05, 4.69) is 16.8 Å². The average Bonchev–Trinajstić information content (AvgIpc) is 2.64. The molecule has 3 N–H and O–H groups in total. The van der Waals surface area contributed by atoms with E-state index in [1.54, 1.807) is 6.20 Å². The molecular formula is C10H9Cl3N2O. The normalized spacial score (nSPS) is 10.8. The molecule has 1 aromatic rings. The van der Waals surface area contributed by atoms with Crippen molar-refractivity contribution in [3.05, 3.63) is 23.5 Å². The number of hydrogen-bond acceptors (Lipinski definition) is 2. The quantitative estimate of drug-likeness (QED) is 0.496. The zero-order chi connectivity index (χ0) is 12.2. The van der Waals surface area contributed by atoms with Crippen LogP contribution in [-0.4, -0.2) is 21.1 Å². The Balaban J connectivity index is 2.81. The Morgan fingerprint density at radius 1 is 1.50 bits per heavy atom. The Hall–Kier alpha value is -0.660. The molecular weight excluding hydrogens is 270 g/mol. The van der Waals surface area contributed by atoms with E-state index in [0.29, 0.717) is 18.5 Å². The molecule has 16 heavy (non-hydrogen) atoms. The average molecular weight is 280 g/mol. The molecule has 0 aromatic carbocycles. The lowest BCUT2D eigenvalue weighted by atomic mass is 10.2. The molecule has 3 nitrogen and oxygen atoms in total. The lowest BCUT2D eigenvalue weighted by Gasteiger charge is -2.06. The minimum atomic E-state index is -1.95. The summed E-state index contributed by atoms with van der Waals surface area (Å²) in [5.41, 5.74) is 6.16. The molecule has 86 valence electrons. The molecule has 0 saturated heterocycles. The van der Waals surface area contributed by atoms with Gasteiger partial charge < -0.3 is 10.7 Å². The van der Waals surface area contributed by atoms with Crippen LogP contribution in [0, 0.1) is 11.8 Å². The van der Waals surface area contributed by atoms with Crippen molar-refractivity contribution < 1.29 is 4.79 Å². The fourth-order valence-electron chi connectivity index (χ4n) is 0.987. The molecule has 1 heterocycles. The second-order valence-corrected chi connectivity index (χ2v) is 5.25. The number of carbonyl (C=O) groups excluding carboxylic acids is 1. The van der Waals surface area contributed by atoms with E-state index in [1.165, 1.54) is 6.07 Å². The largest absolute Gasteiger partial charge is 0.357 e. The number of nitrogens with two attached hydrogens (primary N) is 1. The van der Waals surface area contributed by atoms with Gasteiger partial charge in [-0.3, -0.25) is 4.79 Å². The standard InChI is InChI=1S/C10H9Cl3N2O/c11-10(12,13)9(16)8-5-7(6-15-8)3-1-2-4-14/h5-6,15H,2,4,14H2. The number of Topliss-reactive ketones (excluding diaryl/α,β-unsaturated/α-hetero) is 1. The van der Waals surface area contributed by atoms with Crippen LogP contribution < -0.4 is 5.73 Å². The van der Waals surface area contributed by atoms with Crippen LogP contribution in [0.4, 0.5) is 0 Å². The Labute approximate surface area is 108 Å². The summed E-state index contributed by atoms with van der Waals surface area (Å²) in [6.45, 7) is 0.497. The van der Waals surface area contributed by atoms with Gasteiger partial charge in [-0.1, -0.05) is 46.6 Å². The summed E-state index contributed by atoms with van der Waals surface area (Å²) in [5, 5.41) is 0. The first-order valence-corrected chi connectivity index (χ1v) is 5.57. The molecule has 0 aliphatic carbocycles. The van der Waals surface area contributed by atoms with E-state index in [1.807, 2.05) is 0 Å². The van der Waals surface area contributed by atoms with Gasteiger partial charge in [-0.2, -0.15) is 0 Å². The van der Waals surface area contributed by atoms with E-state index in [4.69, 9.17) is 40.5 Å². The van der Waals surface area contributed by atoms with E-state index < -0.39 is 9.58 Å². The summed E-state index contributed by atoms with van der Waals surface area (Å²) in [4.78, 5) is 14.2. The van der Waals surface area contributed by atoms with Crippen LogP contribution in [0.5, 0.6) is 0 Å². The summed E-state index contributed by atoms with van der Waals surface area (Å²) in [7, 11) is 0. The lowest BCUT2D eigenvalue weighted by Crippen LogP contribution is -2.19. The first kappa shape index (κ1) is 13.4. The van der Waals surface area contributed by atoms with E-state index >= 15 is 0 Å². The molecule has 0 radical (unpaired) electrons. The maximum absolute atomic E-state index is 11.5. The number of carbonyl (C=O) groups is 1. The van der Waals surface area contributed by atoms with Crippen LogP contribution in [0.25, 0.3) is 0 Å². The van der Waals surface area contributed by atoms with Crippen LogP contribution in [0.15, 0.2) is 12.3 Å². The number of aromatic amines is 1. The maximum atomic E-state index is 11.5. The summed E-state index contributed by atoms with van der Waals surface area (Å²) >= 11 is 16.4. The number of hydrogen-bond donors (Lipinski definition) is 2. The Morgan fingerprint density at radius 3 is 2.75 bits per heavy atom. The smallest absolute Gasteiger partial charge is 0.254 e. The van der Waals surface area contributed by atoms with Gasteiger partial charge in [0.1, 0.15) is 0 Å². The highest BCUT2D eigenvalue weighted by Gasteiger charge is 2.32. The van der Waals surface area contributed by atoms with Gasteiger partial charge in [0, 0.05) is 24.7 Å².